The van der Waals surface area contributed by atoms with Crippen LogP contribution in [0.3, 0.4) is 0 Å². The molecule has 0 aromatic carbocycles. The summed E-state index contributed by atoms with van der Waals surface area (Å²) < 4.78 is 0. The lowest BCUT2D eigenvalue weighted by molar-refractivity contribution is -0.133. The van der Waals surface area contributed by atoms with E-state index in [1.165, 1.54) is 19.3 Å². The summed E-state index contributed by atoms with van der Waals surface area (Å²) in [6.07, 6.45) is 9.74. The topological polar surface area (TPSA) is 37.3 Å². The second kappa shape index (κ2) is 6.72. The van der Waals surface area contributed by atoms with Gasteiger partial charge in [-0.15, -0.1) is 0 Å². The third kappa shape index (κ3) is 4.38. The molecule has 0 amide bonds. The number of hydrogen-bond donors (Lipinski definition) is 1. The van der Waals surface area contributed by atoms with Crippen LogP contribution in [0.1, 0.15) is 58.8 Å². The van der Waals surface area contributed by atoms with Crippen LogP contribution in [0.25, 0.3) is 0 Å². The first kappa shape index (κ1) is 13.3. The van der Waals surface area contributed by atoms with E-state index in [1.54, 1.807) is 0 Å². The number of aliphatic carboxylic acids is 1. The summed E-state index contributed by atoms with van der Waals surface area (Å²) in [5.41, 5.74) is 0.682. The lowest BCUT2D eigenvalue weighted by Gasteiger charge is -2.10. The molecule has 92 valence electrons. The molecule has 1 rings (SSSR count). The van der Waals surface area contributed by atoms with Crippen LogP contribution in [-0.2, 0) is 4.79 Å². The molecule has 0 bridgehead atoms. The van der Waals surface area contributed by atoms with Gasteiger partial charge in [-0.25, -0.2) is 4.79 Å². The summed E-state index contributed by atoms with van der Waals surface area (Å²) in [6.45, 7) is 4.41. The van der Waals surface area contributed by atoms with Crippen molar-refractivity contribution < 1.29 is 9.90 Å². The van der Waals surface area contributed by atoms with Gasteiger partial charge >= 0.3 is 5.97 Å². The third-order valence-electron chi connectivity index (χ3n) is 3.39. The van der Waals surface area contributed by atoms with Crippen LogP contribution in [0.5, 0.6) is 0 Å². The molecule has 2 nitrogen and oxygen atoms in total. The van der Waals surface area contributed by atoms with Gasteiger partial charge in [0.2, 0.25) is 0 Å². The van der Waals surface area contributed by atoms with Gasteiger partial charge in [-0.3, -0.25) is 0 Å². The van der Waals surface area contributed by atoms with Crippen molar-refractivity contribution in [2.75, 3.05) is 0 Å². The number of hydrogen-bond acceptors (Lipinski definition) is 1. The van der Waals surface area contributed by atoms with Crippen LogP contribution in [0.2, 0.25) is 0 Å². The number of carboxylic acids is 1. The average molecular weight is 224 g/mol. The van der Waals surface area contributed by atoms with Gasteiger partial charge in [-0.2, -0.15) is 0 Å². The van der Waals surface area contributed by atoms with Crippen molar-refractivity contribution in [2.45, 2.75) is 58.8 Å². The normalized spacial score (nSPS) is 18.3. The smallest absolute Gasteiger partial charge is 0.331 e. The quantitative estimate of drug-likeness (QED) is 0.546. The highest BCUT2D eigenvalue weighted by Crippen LogP contribution is 2.31. The van der Waals surface area contributed by atoms with Crippen molar-refractivity contribution in [3.8, 4) is 0 Å². The van der Waals surface area contributed by atoms with E-state index in [9.17, 15) is 9.90 Å². The van der Waals surface area contributed by atoms with Gasteiger partial charge in [0, 0.05) is 5.57 Å². The maximum atomic E-state index is 11.1. The van der Waals surface area contributed by atoms with Gasteiger partial charge in [0.1, 0.15) is 0 Å². The monoisotopic (exact) mass is 224 g/mol. The zero-order valence-electron chi connectivity index (χ0n) is 10.5. The van der Waals surface area contributed by atoms with Crippen LogP contribution in [0.15, 0.2) is 11.6 Å². The van der Waals surface area contributed by atoms with Crippen molar-refractivity contribution in [1.82, 2.24) is 0 Å². The second-order valence-corrected chi connectivity index (χ2v) is 5.27. The van der Waals surface area contributed by atoms with E-state index in [0.717, 1.165) is 25.7 Å². The molecular weight excluding hydrogens is 200 g/mol. The van der Waals surface area contributed by atoms with Gasteiger partial charge in [0.25, 0.3) is 0 Å². The number of carboxylic acid groups (broad SMARTS) is 1. The first-order valence-electron chi connectivity index (χ1n) is 6.54. The number of unbranched alkanes of at least 4 members (excludes halogenated alkanes) is 1. The van der Waals surface area contributed by atoms with Gasteiger partial charge < -0.3 is 5.11 Å². The van der Waals surface area contributed by atoms with E-state index in [2.05, 4.69) is 13.8 Å². The number of rotatable bonds is 6. The maximum absolute atomic E-state index is 11.1. The predicted molar refractivity (Wildman–Crippen MR) is 66.4 cm³/mol. The Kier molecular flexibility index (Phi) is 5.58. The molecule has 2 heteroatoms. The highest BCUT2D eigenvalue weighted by atomic mass is 16.4. The molecule has 1 N–H and O–H groups in total. The molecule has 0 aromatic heterocycles. The van der Waals surface area contributed by atoms with E-state index >= 15 is 0 Å². The molecule has 16 heavy (non-hydrogen) atoms. The Morgan fingerprint density at radius 2 is 2.00 bits per heavy atom. The molecule has 0 atom stereocenters. The molecule has 1 aliphatic rings. The predicted octanol–water partition coefficient (Wildman–Crippen LogP) is 4.01. The van der Waals surface area contributed by atoms with Crippen molar-refractivity contribution >= 4 is 5.97 Å². The van der Waals surface area contributed by atoms with Gasteiger partial charge in [-0.1, -0.05) is 39.2 Å². The van der Waals surface area contributed by atoms with Crippen molar-refractivity contribution in [3.05, 3.63) is 11.6 Å². The van der Waals surface area contributed by atoms with E-state index < -0.39 is 5.97 Å². The molecule has 0 spiro atoms. The summed E-state index contributed by atoms with van der Waals surface area (Å²) >= 11 is 0. The maximum Gasteiger partial charge on any atom is 0.331 e. The fourth-order valence-corrected chi connectivity index (χ4v) is 2.45. The SMILES string of the molecule is CC(C)CCCC=C(C(=O)O)C1CCCC1. The molecule has 0 saturated heterocycles. The first-order chi connectivity index (χ1) is 7.61. The third-order valence-corrected chi connectivity index (χ3v) is 3.39. The molecule has 0 unspecified atom stereocenters. The Balaban J connectivity index is 2.42. The van der Waals surface area contributed by atoms with Crippen molar-refractivity contribution in [1.29, 1.82) is 0 Å². The molecule has 1 aliphatic carbocycles. The highest BCUT2D eigenvalue weighted by molar-refractivity contribution is 5.87. The standard InChI is InChI=1S/C14H24O2/c1-11(2)7-3-6-10-13(14(15)16)12-8-4-5-9-12/h10-12H,3-9H2,1-2H3,(H,15,16). The molecule has 0 radical (unpaired) electrons. The molecule has 1 fully saturated rings. The van der Waals surface area contributed by atoms with E-state index in [0.29, 0.717) is 17.4 Å². The Labute approximate surface area is 98.7 Å². The zero-order chi connectivity index (χ0) is 12.0. The molecule has 0 aromatic rings. The van der Waals surface area contributed by atoms with Gasteiger partial charge in [0.05, 0.1) is 0 Å². The lowest BCUT2D eigenvalue weighted by Crippen LogP contribution is -2.09. The second-order valence-electron chi connectivity index (χ2n) is 5.27. The molecule has 0 aliphatic heterocycles. The fourth-order valence-electron chi connectivity index (χ4n) is 2.45. The largest absolute Gasteiger partial charge is 0.478 e. The molecule has 0 heterocycles. The van der Waals surface area contributed by atoms with Crippen LogP contribution < -0.4 is 0 Å². The fraction of sp³-hybridized carbons (Fsp3) is 0.786. The van der Waals surface area contributed by atoms with Crippen molar-refractivity contribution in [3.63, 3.8) is 0 Å². The Morgan fingerprint density at radius 3 is 2.50 bits per heavy atom. The Bertz CT molecular complexity index is 247. The van der Waals surface area contributed by atoms with Crippen LogP contribution in [0, 0.1) is 11.8 Å². The minimum absolute atomic E-state index is 0.330. The first-order valence-corrected chi connectivity index (χ1v) is 6.54. The van der Waals surface area contributed by atoms with E-state index in [-0.39, 0.29) is 0 Å². The minimum Gasteiger partial charge on any atom is -0.478 e. The highest BCUT2D eigenvalue weighted by Gasteiger charge is 2.23. The zero-order valence-corrected chi connectivity index (χ0v) is 10.5. The minimum atomic E-state index is -0.698. The number of allylic oxidation sites excluding steroid dienone is 1. The summed E-state index contributed by atoms with van der Waals surface area (Å²) in [7, 11) is 0. The van der Waals surface area contributed by atoms with E-state index in [1.807, 2.05) is 6.08 Å². The summed E-state index contributed by atoms with van der Waals surface area (Å²) in [4.78, 5) is 11.1. The van der Waals surface area contributed by atoms with Crippen molar-refractivity contribution in [2.24, 2.45) is 11.8 Å². The Hall–Kier alpha value is -0.790. The molecular formula is C14H24O2. The van der Waals surface area contributed by atoms with E-state index in [4.69, 9.17) is 0 Å². The summed E-state index contributed by atoms with van der Waals surface area (Å²) in [5, 5.41) is 9.17. The van der Waals surface area contributed by atoms with Crippen LogP contribution in [0.4, 0.5) is 0 Å². The summed E-state index contributed by atoms with van der Waals surface area (Å²) in [6, 6.07) is 0. The lowest BCUT2D eigenvalue weighted by atomic mass is 9.95. The average Bonchev–Trinajstić information content (AvgIpc) is 2.69. The Morgan fingerprint density at radius 1 is 1.38 bits per heavy atom. The van der Waals surface area contributed by atoms with Crippen LogP contribution >= 0.6 is 0 Å². The van der Waals surface area contributed by atoms with Gasteiger partial charge in [0.15, 0.2) is 0 Å². The summed E-state index contributed by atoms with van der Waals surface area (Å²) in [5.74, 6) is 0.348. The van der Waals surface area contributed by atoms with Gasteiger partial charge in [-0.05, 0) is 37.5 Å². The number of carbonyl (C=O) groups is 1. The molecule has 1 saturated carbocycles. The van der Waals surface area contributed by atoms with Crippen LogP contribution in [-0.4, -0.2) is 11.1 Å².